The van der Waals surface area contributed by atoms with Gasteiger partial charge in [-0.15, -0.1) is 11.3 Å². The number of piperidine rings is 1. The van der Waals surface area contributed by atoms with E-state index in [1.807, 2.05) is 4.90 Å². The van der Waals surface area contributed by atoms with Crippen molar-refractivity contribution in [1.29, 1.82) is 0 Å². The van der Waals surface area contributed by atoms with Crippen LogP contribution in [0.15, 0.2) is 28.5 Å². The fourth-order valence-electron chi connectivity index (χ4n) is 3.12. The minimum atomic E-state index is -0.343. The van der Waals surface area contributed by atoms with Gasteiger partial charge in [0.1, 0.15) is 11.4 Å². The highest BCUT2D eigenvalue weighted by Gasteiger charge is 2.28. The second-order valence-corrected chi connectivity index (χ2v) is 7.01. The molecule has 1 N–H and O–H groups in total. The third-order valence-electron chi connectivity index (χ3n) is 4.35. The minimum Gasteiger partial charge on any atom is -0.335 e. The van der Waals surface area contributed by atoms with E-state index in [-0.39, 0.29) is 23.1 Å². The number of nitrogens with one attached hydrogen (secondary N) is 1. The molecule has 3 rings (SSSR count). The van der Waals surface area contributed by atoms with E-state index < -0.39 is 0 Å². The molecule has 0 radical (unpaired) electrons. The van der Waals surface area contributed by atoms with Crippen LogP contribution in [0, 0.1) is 6.92 Å². The maximum absolute atomic E-state index is 12.8. The lowest BCUT2D eigenvalue weighted by molar-refractivity contribution is 0.0600. The minimum absolute atomic E-state index is 0.152. The van der Waals surface area contributed by atoms with Crippen molar-refractivity contribution in [2.75, 3.05) is 6.54 Å². The van der Waals surface area contributed by atoms with Gasteiger partial charge < -0.3 is 9.88 Å². The van der Waals surface area contributed by atoms with Gasteiger partial charge in [0.05, 0.1) is 0 Å². The molecule has 0 bridgehead atoms. The second-order valence-electron chi connectivity index (χ2n) is 5.98. The summed E-state index contributed by atoms with van der Waals surface area (Å²) in [4.78, 5) is 34.7. The number of hydrogen-bond acceptors (Lipinski definition) is 4. The number of hydrogen-bond donors (Lipinski definition) is 1. The Kier molecular flexibility index (Phi) is 4.91. The van der Waals surface area contributed by atoms with Gasteiger partial charge in [0.15, 0.2) is 0 Å². The maximum Gasteiger partial charge on any atom is 0.263 e. The smallest absolute Gasteiger partial charge is 0.263 e. The van der Waals surface area contributed by atoms with E-state index in [0.29, 0.717) is 5.82 Å². The molecular weight excluding hydrogens is 310 g/mol. The maximum atomic E-state index is 12.8. The van der Waals surface area contributed by atoms with Gasteiger partial charge in [-0.25, -0.2) is 4.98 Å². The van der Waals surface area contributed by atoms with Crippen LogP contribution in [-0.4, -0.2) is 33.4 Å². The first-order valence-corrected chi connectivity index (χ1v) is 8.92. The molecule has 0 aromatic carbocycles. The first-order valence-electron chi connectivity index (χ1n) is 8.04. The van der Waals surface area contributed by atoms with E-state index in [0.717, 1.165) is 38.6 Å². The third kappa shape index (κ3) is 3.69. The summed E-state index contributed by atoms with van der Waals surface area (Å²) in [6.07, 6.45) is 6.48. The molecule has 1 aliphatic rings. The average Bonchev–Trinajstić information content (AvgIpc) is 3.06. The SMILES string of the molecule is Cc1ncc(C(=O)N2CCCCC2CCc2cccs2)c(=O)[nH]1. The predicted octanol–water partition coefficient (Wildman–Crippen LogP) is 2.77. The fourth-order valence-corrected chi connectivity index (χ4v) is 3.85. The molecule has 1 fully saturated rings. The van der Waals surface area contributed by atoms with Crippen molar-refractivity contribution < 1.29 is 4.79 Å². The van der Waals surface area contributed by atoms with Gasteiger partial charge >= 0.3 is 0 Å². The molecule has 1 amide bonds. The molecule has 1 unspecified atom stereocenters. The van der Waals surface area contributed by atoms with Crippen molar-refractivity contribution in [3.63, 3.8) is 0 Å². The Hall–Kier alpha value is -1.95. The van der Waals surface area contributed by atoms with E-state index in [2.05, 4.69) is 27.5 Å². The van der Waals surface area contributed by atoms with E-state index >= 15 is 0 Å². The Morgan fingerprint density at radius 1 is 1.48 bits per heavy atom. The number of likely N-dealkylation sites (tertiary alicyclic amines) is 1. The van der Waals surface area contributed by atoms with Gasteiger partial charge in [-0.3, -0.25) is 9.59 Å². The summed E-state index contributed by atoms with van der Waals surface area (Å²) in [5, 5.41) is 2.08. The Bertz CT molecular complexity index is 724. The standard InChI is InChI=1S/C17H21N3O2S/c1-12-18-11-15(16(21)19-12)17(22)20-9-3-2-5-13(20)7-8-14-6-4-10-23-14/h4,6,10-11,13H,2-3,5,7-9H2,1H3,(H,18,19,21). The average molecular weight is 331 g/mol. The summed E-state index contributed by atoms with van der Waals surface area (Å²) in [7, 11) is 0. The quantitative estimate of drug-likeness (QED) is 0.937. The number of aryl methyl sites for hydroxylation is 2. The van der Waals surface area contributed by atoms with Crippen molar-refractivity contribution in [2.45, 2.75) is 45.1 Å². The molecule has 0 aliphatic carbocycles. The van der Waals surface area contributed by atoms with Crippen LogP contribution in [0.25, 0.3) is 0 Å². The topological polar surface area (TPSA) is 66.1 Å². The molecule has 1 atom stereocenters. The first-order chi connectivity index (χ1) is 11.1. The highest BCUT2D eigenvalue weighted by Crippen LogP contribution is 2.23. The molecule has 122 valence electrons. The molecule has 3 heterocycles. The van der Waals surface area contributed by atoms with Gasteiger partial charge in [0.2, 0.25) is 0 Å². The number of rotatable bonds is 4. The van der Waals surface area contributed by atoms with Crippen LogP contribution < -0.4 is 5.56 Å². The van der Waals surface area contributed by atoms with E-state index in [1.54, 1.807) is 18.3 Å². The number of aromatic nitrogens is 2. The monoisotopic (exact) mass is 331 g/mol. The Balaban J connectivity index is 1.74. The molecule has 1 aliphatic heterocycles. The number of carbonyl (C=O) groups is 1. The van der Waals surface area contributed by atoms with Crippen LogP contribution in [-0.2, 0) is 6.42 Å². The number of carbonyl (C=O) groups excluding carboxylic acids is 1. The summed E-state index contributed by atoms with van der Waals surface area (Å²) in [6, 6.07) is 4.40. The van der Waals surface area contributed by atoms with Crippen molar-refractivity contribution in [2.24, 2.45) is 0 Å². The van der Waals surface area contributed by atoms with Crippen LogP contribution in [0.2, 0.25) is 0 Å². The fraction of sp³-hybridized carbons (Fsp3) is 0.471. The zero-order valence-electron chi connectivity index (χ0n) is 13.2. The third-order valence-corrected chi connectivity index (χ3v) is 5.28. The van der Waals surface area contributed by atoms with Crippen molar-refractivity contribution in [1.82, 2.24) is 14.9 Å². The van der Waals surface area contributed by atoms with E-state index in [9.17, 15) is 9.59 Å². The summed E-state index contributed by atoms with van der Waals surface area (Å²) in [5.41, 5.74) is -0.191. The van der Waals surface area contributed by atoms with Crippen LogP contribution in [0.4, 0.5) is 0 Å². The molecule has 0 saturated carbocycles. The number of nitrogens with zero attached hydrogens (tertiary/aromatic N) is 2. The lowest BCUT2D eigenvalue weighted by Gasteiger charge is -2.35. The van der Waals surface area contributed by atoms with Crippen molar-refractivity contribution >= 4 is 17.2 Å². The molecule has 5 nitrogen and oxygen atoms in total. The summed E-state index contributed by atoms with van der Waals surface area (Å²) in [6.45, 7) is 2.43. The zero-order valence-corrected chi connectivity index (χ0v) is 14.1. The highest BCUT2D eigenvalue weighted by atomic mass is 32.1. The molecule has 2 aromatic heterocycles. The molecule has 0 spiro atoms. The number of amides is 1. The molecule has 1 saturated heterocycles. The molecule has 6 heteroatoms. The van der Waals surface area contributed by atoms with Gasteiger partial charge in [0.25, 0.3) is 11.5 Å². The number of thiophene rings is 1. The Labute approximate surface area is 139 Å². The van der Waals surface area contributed by atoms with Gasteiger partial charge in [0, 0.05) is 23.7 Å². The van der Waals surface area contributed by atoms with Crippen LogP contribution in [0.3, 0.4) is 0 Å². The van der Waals surface area contributed by atoms with E-state index in [4.69, 9.17) is 0 Å². The number of aromatic amines is 1. The van der Waals surface area contributed by atoms with Crippen LogP contribution in [0.1, 0.15) is 46.7 Å². The van der Waals surface area contributed by atoms with Gasteiger partial charge in [-0.1, -0.05) is 6.07 Å². The zero-order chi connectivity index (χ0) is 16.2. The molecular formula is C17H21N3O2S. The van der Waals surface area contributed by atoms with Crippen molar-refractivity contribution in [3.05, 3.63) is 50.3 Å². The lowest BCUT2D eigenvalue weighted by atomic mass is 9.97. The summed E-state index contributed by atoms with van der Waals surface area (Å²) >= 11 is 1.75. The van der Waals surface area contributed by atoms with Crippen molar-refractivity contribution in [3.8, 4) is 0 Å². The van der Waals surface area contributed by atoms with Crippen LogP contribution in [0.5, 0.6) is 0 Å². The largest absolute Gasteiger partial charge is 0.335 e. The lowest BCUT2D eigenvalue weighted by Crippen LogP contribution is -2.45. The predicted molar refractivity (Wildman–Crippen MR) is 90.9 cm³/mol. The second kappa shape index (κ2) is 7.08. The Morgan fingerprint density at radius 3 is 3.09 bits per heavy atom. The van der Waals surface area contributed by atoms with Crippen LogP contribution >= 0.6 is 11.3 Å². The Morgan fingerprint density at radius 2 is 2.35 bits per heavy atom. The van der Waals surface area contributed by atoms with Gasteiger partial charge in [-0.2, -0.15) is 0 Å². The van der Waals surface area contributed by atoms with E-state index in [1.165, 1.54) is 11.1 Å². The molecule has 23 heavy (non-hydrogen) atoms. The van der Waals surface area contributed by atoms with Gasteiger partial charge in [-0.05, 0) is 50.5 Å². The summed E-state index contributed by atoms with van der Waals surface area (Å²) < 4.78 is 0. The number of H-pyrrole nitrogens is 1. The highest BCUT2D eigenvalue weighted by molar-refractivity contribution is 7.09. The normalized spacial score (nSPS) is 18.1. The summed E-state index contributed by atoms with van der Waals surface area (Å²) in [5.74, 6) is 0.342. The molecule has 2 aromatic rings. The first kappa shape index (κ1) is 15.9.